The lowest BCUT2D eigenvalue weighted by Gasteiger charge is -2.31. The highest BCUT2D eigenvalue weighted by Gasteiger charge is 2.33. The number of carbonyl (C=O) groups excluding carboxylic acids is 1. The molecule has 3 unspecified atom stereocenters. The molecule has 0 aromatic rings. The van der Waals surface area contributed by atoms with Gasteiger partial charge in [0.1, 0.15) is 6.04 Å². The molecule has 1 amide bonds. The fourth-order valence-corrected chi connectivity index (χ4v) is 1.89. The molecule has 1 rings (SSSR count). The van der Waals surface area contributed by atoms with Gasteiger partial charge in [0.2, 0.25) is 0 Å². The van der Waals surface area contributed by atoms with Gasteiger partial charge < -0.3 is 19.9 Å². The van der Waals surface area contributed by atoms with Crippen LogP contribution in [-0.2, 0) is 14.3 Å². The van der Waals surface area contributed by atoms with Crippen molar-refractivity contribution in [2.45, 2.75) is 25.0 Å². The molecule has 3 atom stereocenters. The highest BCUT2D eigenvalue weighted by molar-refractivity contribution is 5.80. The number of carboxylic acid groups (broad SMARTS) is 1. The third-order valence-corrected chi connectivity index (χ3v) is 2.81. The Kier molecular flexibility index (Phi) is 4.96. The number of nitrogens with one attached hydrogen (secondary N) is 1. The molecule has 0 radical (unpaired) electrons. The molecule has 1 aliphatic heterocycles. The highest BCUT2D eigenvalue weighted by Crippen LogP contribution is 2.24. The summed E-state index contributed by atoms with van der Waals surface area (Å²) in [5.41, 5.74) is 0. The van der Waals surface area contributed by atoms with Crippen LogP contribution >= 0.6 is 0 Å². The van der Waals surface area contributed by atoms with Gasteiger partial charge in [-0.05, 0) is 18.8 Å². The maximum absolute atomic E-state index is 11.1. The van der Waals surface area contributed by atoms with E-state index in [0.29, 0.717) is 19.4 Å². The van der Waals surface area contributed by atoms with Crippen molar-refractivity contribution in [3.05, 3.63) is 12.7 Å². The van der Waals surface area contributed by atoms with Gasteiger partial charge in [-0.2, -0.15) is 0 Å². The standard InChI is InChI=1S/C11H17NO5/c1-3-8-6-7(4-5-17-8)9(10(13)14)12-11(15)16-2/h3,7-9H,1,4-6H2,2H3,(H,12,15)(H,13,14). The molecule has 17 heavy (non-hydrogen) atoms. The van der Waals surface area contributed by atoms with Crippen LogP contribution in [0.3, 0.4) is 0 Å². The molecule has 1 heterocycles. The van der Waals surface area contributed by atoms with Gasteiger partial charge in [0.25, 0.3) is 0 Å². The average Bonchev–Trinajstić information content (AvgIpc) is 2.35. The second-order valence-corrected chi connectivity index (χ2v) is 3.88. The minimum Gasteiger partial charge on any atom is -0.480 e. The van der Waals surface area contributed by atoms with Crippen LogP contribution in [-0.4, -0.2) is 43.0 Å². The maximum atomic E-state index is 11.1. The number of aliphatic carboxylic acids is 1. The van der Waals surface area contributed by atoms with Crippen molar-refractivity contribution in [1.29, 1.82) is 0 Å². The average molecular weight is 243 g/mol. The van der Waals surface area contributed by atoms with Crippen molar-refractivity contribution in [2.24, 2.45) is 5.92 Å². The van der Waals surface area contributed by atoms with Gasteiger partial charge in [0, 0.05) is 6.61 Å². The molecule has 0 spiro atoms. The first-order valence-corrected chi connectivity index (χ1v) is 5.40. The summed E-state index contributed by atoms with van der Waals surface area (Å²) < 4.78 is 9.77. The van der Waals surface area contributed by atoms with Crippen LogP contribution in [0.5, 0.6) is 0 Å². The molecule has 6 nitrogen and oxygen atoms in total. The second kappa shape index (κ2) is 6.24. The third kappa shape index (κ3) is 3.74. The molecule has 96 valence electrons. The van der Waals surface area contributed by atoms with Gasteiger partial charge in [0.15, 0.2) is 0 Å². The Bertz CT molecular complexity index is 304. The molecule has 6 heteroatoms. The molecule has 1 fully saturated rings. The minimum absolute atomic E-state index is 0.157. The van der Waals surface area contributed by atoms with Crippen molar-refractivity contribution < 1.29 is 24.2 Å². The fraction of sp³-hybridized carbons (Fsp3) is 0.636. The van der Waals surface area contributed by atoms with E-state index in [0.717, 1.165) is 0 Å². The van der Waals surface area contributed by atoms with E-state index in [1.165, 1.54) is 7.11 Å². The molecular formula is C11H17NO5. The molecule has 0 aromatic carbocycles. The Balaban J connectivity index is 2.66. The van der Waals surface area contributed by atoms with Crippen LogP contribution in [0.1, 0.15) is 12.8 Å². The minimum atomic E-state index is -1.06. The summed E-state index contributed by atoms with van der Waals surface area (Å²) in [4.78, 5) is 22.2. The Morgan fingerprint density at radius 2 is 2.35 bits per heavy atom. The van der Waals surface area contributed by atoms with Gasteiger partial charge in [-0.25, -0.2) is 9.59 Å². The monoisotopic (exact) mass is 243 g/mol. The summed E-state index contributed by atoms with van der Waals surface area (Å²) in [6.07, 6.45) is 1.87. The van der Waals surface area contributed by atoms with E-state index in [1.54, 1.807) is 6.08 Å². The molecule has 2 N–H and O–H groups in total. The zero-order valence-electron chi connectivity index (χ0n) is 9.72. The van der Waals surface area contributed by atoms with Crippen molar-refractivity contribution >= 4 is 12.1 Å². The van der Waals surface area contributed by atoms with Crippen molar-refractivity contribution in [1.82, 2.24) is 5.32 Å². The SMILES string of the molecule is C=CC1CC(C(NC(=O)OC)C(=O)O)CCO1. The van der Waals surface area contributed by atoms with E-state index < -0.39 is 18.1 Å². The van der Waals surface area contributed by atoms with E-state index in [9.17, 15) is 9.59 Å². The fourth-order valence-electron chi connectivity index (χ4n) is 1.89. The number of ether oxygens (including phenoxy) is 2. The van der Waals surface area contributed by atoms with Gasteiger partial charge in [0.05, 0.1) is 13.2 Å². The second-order valence-electron chi connectivity index (χ2n) is 3.88. The predicted molar refractivity (Wildman–Crippen MR) is 59.6 cm³/mol. The molecule has 0 aromatic heterocycles. The summed E-state index contributed by atoms with van der Waals surface area (Å²) >= 11 is 0. The normalized spacial score (nSPS) is 25.7. The van der Waals surface area contributed by atoms with Crippen molar-refractivity contribution in [2.75, 3.05) is 13.7 Å². The van der Waals surface area contributed by atoms with E-state index in [2.05, 4.69) is 16.6 Å². The molecule has 1 saturated heterocycles. The molecule has 0 aliphatic carbocycles. The number of rotatable bonds is 4. The lowest BCUT2D eigenvalue weighted by Crippen LogP contribution is -2.48. The Labute approximate surface area is 99.6 Å². The summed E-state index contributed by atoms with van der Waals surface area (Å²) in [5, 5.41) is 11.4. The maximum Gasteiger partial charge on any atom is 0.407 e. The largest absolute Gasteiger partial charge is 0.480 e. The first-order chi connectivity index (χ1) is 8.08. The Morgan fingerprint density at radius 3 is 2.88 bits per heavy atom. The first-order valence-electron chi connectivity index (χ1n) is 5.40. The quantitative estimate of drug-likeness (QED) is 0.713. The van der Waals surface area contributed by atoms with Crippen LogP contribution in [0.2, 0.25) is 0 Å². The van der Waals surface area contributed by atoms with Crippen LogP contribution in [0.25, 0.3) is 0 Å². The summed E-state index contributed by atoms with van der Waals surface area (Å²) in [7, 11) is 1.20. The predicted octanol–water partition coefficient (Wildman–Crippen LogP) is 0.777. The van der Waals surface area contributed by atoms with Gasteiger partial charge in [-0.15, -0.1) is 6.58 Å². The summed E-state index contributed by atoms with van der Waals surface area (Å²) in [6.45, 7) is 4.08. The lowest BCUT2D eigenvalue weighted by atomic mass is 9.88. The lowest BCUT2D eigenvalue weighted by molar-refractivity contribution is -0.142. The van der Waals surface area contributed by atoms with Crippen molar-refractivity contribution in [3.63, 3.8) is 0 Å². The summed E-state index contributed by atoms with van der Waals surface area (Å²) in [6, 6.07) is -0.950. The number of carbonyl (C=O) groups is 2. The van der Waals surface area contributed by atoms with E-state index in [1.807, 2.05) is 0 Å². The molecule has 0 bridgehead atoms. The number of methoxy groups -OCH3 is 1. The molecule has 0 saturated carbocycles. The first kappa shape index (κ1) is 13.5. The van der Waals surface area contributed by atoms with Crippen LogP contribution < -0.4 is 5.32 Å². The highest BCUT2D eigenvalue weighted by atomic mass is 16.5. The molecule has 1 aliphatic rings. The molecular weight excluding hydrogens is 226 g/mol. The number of hydrogen-bond donors (Lipinski definition) is 2. The van der Waals surface area contributed by atoms with Crippen LogP contribution in [0, 0.1) is 5.92 Å². The van der Waals surface area contributed by atoms with Gasteiger partial charge in [-0.3, -0.25) is 0 Å². The van der Waals surface area contributed by atoms with Gasteiger partial charge in [-0.1, -0.05) is 6.08 Å². The smallest absolute Gasteiger partial charge is 0.407 e. The number of carboxylic acids is 1. The van der Waals surface area contributed by atoms with E-state index in [4.69, 9.17) is 9.84 Å². The van der Waals surface area contributed by atoms with Crippen LogP contribution in [0.4, 0.5) is 4.79 Å². The topological polar surface area (TPSA) is 84.9 Å². The Hall–Kier alpha value is -1.56. The third-order valence-electron chi connectivity index (χ3n) is 2.81. The van der Waals surface area contributed by atoms with Crippen molar-refractivity contribution in [3.8, 4) is 0 Å². The zero-order chi connectivity index (χ0) is 12.8. The van der Waals surface area contributed by atoms with Gasteiger partial charge >= 0.3 is 12.1 Å². The van der Waals surface area contributed by atoms with E-state index >= 15 is 0 Å². The Morgan fingerprint density at radius 1 is 1.65 bits per heavy atom. The number of amides is 1. The summed E-state index contributed by atoms with van der Waals surface area (Å²) in [5.74, 6) is -1.24. The number of alkyl carbamates (subject to hydrolysis) is 1. The van der Waals surface area contributed by atoms with E-state index in [-0.39, 0.29) is 12.0 Å². The number of hydrogen-bond acceptors (Lipinski definition) is 4. The zero-order valence-corrected chi connectivity index (χ0v) is 9.72. The van der Waals surface area contributed by atoms with Crippen LogP contribution in [0.15, 0.2) is 12.7 Å².